The lowest BCUT2D eigenvalue weighted by molar-refractivity contribution is -0.127. The molecule has 3 aromatic rings. The Bertz CT molecular complexity index is 1520. The van der Waals surface area contributed by atoms with Gasteiger partial charge in [0.1, 0.15) is 16.3 Å². The summed E-state index contributed by atoms with van der Waals surface area (Å²) in [5, 5.41) is 8.54. The van der Waals surface area contributed by atoms with Crippen LogP contribution in [0.15, 0.2) is 66.0 Å². The largest absolute Gasteiger partial charge is 0.444 e. The van der Waals surface area contributed by atoms with Gasteiger partial charge in [-0.2, -0.15) is 0 Å². The van der Waals surface area contributed by atoms with Crippen molar-refractivity contribution in [2.24, 2.45) is 17.6 Å². The molecule has 0 fully saturated rings. The van der Waals surface area contributed by atoms with Gasteiger partial charge in [-0.15, -0.1) is 11.3 Å². The summed E-state index contributed by atoms with van der Waals surface area (Å²) in [6.07, 6.45) is 0.240. The quantitative estimate of drug-likeness (QED) is 0.138. The molecule has 3 rings (SSSR count). The fourth-order valence-electron chi connectivity index (χ4n) is 5.24. The highest BCUT2D eigenvalue weighted by atomic mass is 32.1. The van der Waals surface area contributed by atoms with E-state index in [1.807, 2.05) is 95.3 Å². The molecule has 4 N–H and O–H groups in total. The number of nitrogens with zero attached hydrogens (tertiary/aromatic N) is 1. The van der Waals surface area contributed by atoms with Crippen molar-refractivity contribution in [2.45, 2.75) is 117 Å². The third-order valence-electron chi connectivity index (χ3n) is 8.92. The summed E-state index contributed by atoms with van der Waals surface area (Å²) in [6, 6.07) is 19.0. The lowest BCUT2D eigenvalue weighted by Gasteiger charge is -2.42. The van der Waals surface area contributed by atoms with Gasteiger partial charge in [-0.3, -0.25) is 9.59 Å². The zero-order valence-corrected chi connectivity index (χ0v) is 32.6. The van der Waals surface area contributed by atoms with Crippen LogP contribution in [0.2, 0.25) is 18.1 Å². The Morgan fingerprint density at radius 1 is 0.878 bits per heavy atom. The second-order valence-electron chi connectivity index (χ2n) is 15.6. The van der Waals surface area contributed by atoms with Crippen LogP contribution in [0.1, 0.15) is 94.5 Å². The van der Waals surface area contributed by atoms with Crippen LogP contribution in [0.4, 0.5) is 4.79 Å². The minimum Gasteiger partial charge on any atom is -0.444 e. The Morgan fingerprint density at radius 3 is 1.90 bits per heavy atom. The van der Waals surface area contributed by atoms with Crippen molar-refractivity contribution in [1.29, 1.82) is 0 Å². The number of aromatic nitrogens is 1. The Balaban J connectivity index is 2.08. The molecule has 0 aliphatic carbocycles. The van der Waals surface area contributed by atoms with Crippen molar-refractivity contribution < 1.29 is 23.5 Å². The number of carbonyl (C=O) groups is 3. The molecule has 0 saturated carbocycles. The third kappa shape index (κ3) is 12.4. The Hall–Kier alpha value is -3.54. The average Bonchev–Trinajstić information content (AvgIpc) is 3.48. The number of ether oxygens (including phenoxy) is 1. The average molecular weight is 709 g/mol. The normalized spacial score (nSPS) is 14.8. The number of alkyl carbamates (subject to hydrolysis) is 1. The van der Waals surface area contributed by atoms with Gasteiger partial charge in [0.2, 0.25) is 5.91 Å². The monoisotopic (exact) mass is 708 g/mol. The van der Waals surface area contributed by atoms with Gasteiger partial charge in [-0.1, -0.05) is 95.3 Å². The van der Waals surface area contributed by atoms with E-state index in [2.05, 4.69) is 49.5 Å². The Morgan fingerprint density at radius 2 is 1.43 bits per heavy atom. The van der Waals surface area contributed by atoms with Crippen LogP contribution in [0, 0.1) is 11.8 Å². The maximum absolute atomic E-state index is 14.5. The molecule has 0 saturated heterocycles. The number of primary amides is 1. The second kappa shape index (κ2) is 16.9. The molecule has 9 nitrogen and oxygen atoms in total. The van der Waals surface area contributed by atoms with E-state index < -0.39 is 50.0 Å². The van der Waals surface area contributed by atoms with Gasteiger partial charge in [-0.05, 0) is 75.2 Å². The number of benzene rings is 2. The highest BCUT2D eigenvalue weighted by molar-refractivity contribution is 7.09. The van der Waals surface area contributed by atoms with E-state index in [1.165, 1.54) is 11.3 Å². The molecule has 49 heavy (non-hydrogen) atoms. The molecule has 0 aliphatic heterocycles. The molecule has 1 aromatic heterocycles. The van der Waals surface area contributed by atoms with Crippen molar-refractivity contribution in [3.05, 3.63) is 87.9 Å². The highest BCUT2D eigenvalue weighted by Crippen LogP contribution is 2.39. The number of nitrogens with one attached hydrogen (secondary N) is 2. The molecule has 0 spiro atoms. The van der Waals surface area contributed by atoms with Crippen LogP contribution < -0.4 is 16.4 Å². The van der Waals surface area contributed by atoms with Crippen molar-refractivity contribution in [3.8, 4) is 0 Å². The first-order valence-electron chi connectivity index (χ1n) is 17.1. The minimum absolute atomic E-state index is 0.00727. The topological polar surface area (TPSA) is 133 Å². The highest BCUT2D eigenvalue weighted by Gasteiger charge is 2.43. The predicted molar refractivity (Wildman–Crippen MR) is 200 cm³/mol. The molecular formula is C38H56N4O5SSi. The maximum Gasteiger partial charge on any atom is 0.407 e. The van der Waals surface area contributed by atoms with Crippen LogP contribution in [-0.4, -0.2) is 49.0 Å². The lowest BCUT2D eigenvalue weighted by atomic mass is 9.88. The smallest absolute Gasteiger partial charge is 0.407 e. The van der Waals surface area contributed by atoms with E-state index in [4.69, 9.17) is 14.9 Å². The van der Waals surface area contributed by atoms with E-state index in [9.17, 15) is 14.4 Å². The van der Waals surface area contributed by atoms with Gasteiger partial charge in [0.15, 0.2) is 8.32 Å². The number of rotatable bonds is 15. The SMILES string of the molecule is CC(C)[C@H](NC(=O)[C@H](Cc1ccccc1)C[C@H](O[Si](C)(C)C(C)(C)C)[C@H](Cc1ccccc1)NC(=O)OC(C)(C)C)c1nc(C(N)=O)cs1. The number of carbonyl (C=O) groups excluding carboxylic acids is 3. The molecule has 1 heterocycles. The molecule has 2 aromatic carbocycles. The molecule has 0 bridgehead atoms. The van der Waals surface area contributed by atoms with E-state index in [0.29, 0.717) is 24.3 Å². The van der Waals surface area contributed by atoms with Crippen LogP contribution in [0.5, 0.6) is 0 Å². The molecular weight excluding hydrogens is 653 g/mol. The first-order chi connectivity index (χ1) is 22.8. The summed E-state index contributed by atoms with van der Waals surface area (Å²) in [4.78, 5) is 44.1. The number of hydrogen-bond acceptors (Lipinski definition) is 7. The van der Waals surface area contributed by atoms with Gasteiger partial charge in [-0.25, -0.2) is 9.78 Å². The van der Waals surface area contributed by atoms with Crippen LogP contribution in [0.25, 0.3) is 0 Å². The lowest BCUT2D eigenvalue weighted by Crippen LogP contribution is -2.54. The van der Waals surface area contributed by atoms with Gasteiger partial charge in [0, 0.05) is 11.3 Å². The van der Waals surface area contributed by atoms with Crippen molar-refractivity contribution in [2.75, 3.05) is 0 Å². The summed E-state index contributed by atoms with van der Waals surface area (Å²) in [7, 11) is -2.43. The van der Waals surface area contributed by atoms with Crippen LogP contribution in [0.3, 0.4) is 0 Å². The van der Waals surface area contributed by atoms with Crippen molar-refractivity contribution >= 4 is 37.6 Å². The van der Waals surface area contributed by atoms with Crippen molar-refractivity contribution in [1.82, 2.24) is 15.6 Å². The zero-order valence-electron chi connectivity index (χ0n) is 30.8. The predicted octanol–water partition coefficient (Wildman–Crippen LogP) is 7.83. The summed E-state index contributed by atoms with van der Waals surface area (Å²) >= 11 is 1.31. The number of amides is 3. The van der Waals surface area contributed by atoms with E-state index in [1.54, 1.807) is 5.38 Å². The molecule has 0 aliphatic rings. The van der Waals surface area contributed by atoms with Gasteiger partial charge in [0.05, 0.1) is 18.2 Å². The molecule has 4 atom stereocenters. The van der Waals surface area contributed by atoms with Crippen molar-refractivity contribution in [3.63, 3.8) is 0 Å². The summed E-state index contributed by atoms with van der Waals surface area (Å²) < 4.78 is 12.9. The fourth-order valence-corrected chi connectivity index (χ4v) is 7.64. The van der Waals surface area contributed by atoms with Crippen LogP contribution >= 0.6 is 11.3 Å². The Labute approximate surface area is 297 Å². The van der Waals surface area contributed by atoms with Gasteiger partial charge >= 0.3 is 6.09 Å². The van der Waals surface area contributed by atoms with Gasteiger partial charge < -0.3 is 25.5 Å². The summed E-state index contributed by atoms with van der Waals surface area (Å²) in [6.45, 7) is 20.4. The Kier molecular flexibility index (Phi) is 13.8. The summed E-state index contributed by atoms with van der Waals surface area (Å²) in [5.74, 6) is -1.29. The van der Waals surface area contributed by atoms with Crippen LogP contribution in [-0.2, 0) is 26.8 Å². The maximum atomic E-state index is 14.5. The standard InChI is InChI=1S/C38H56N4O5SSi/c1-25(2)32(35-40-30(24-48-35)33(39)43)42-34(44)28(21-26-17-13-11-14-18-26)23-31(47-49(9,10)38(6,7)8)29(22-27-19-15-12-16-20-27)41-36(45)46-37(3,4)5/h11-20,24-25,28-29,31-32H,21-23H2,1-10H3,(H2,39,43)(H,41,45)(H,42,44)/t28-,29+,31+,32+/m1/s1. The second-order valence-corrected chi connectivity index (χ2v) is 21.3. The first-order valence-corrected chi connectivity index (χ1v) is 20.9. The molecule has 0 unspecified atom stereocenters. The number of thiazole rings is 1. The third-order valence-corrected chi connectivity index (χ3v) is 14.4. The first kappa shape index (κ1) is 39.9. The number of nitrogens with two attached hydrogens (primary N) is 1. The molecule has 3 amide bonds. The zero-order chi connectivity index (χ0) is 36.6. The van der Waals surface area contributed by atoms with E-state index >= 15 is 0 Å². The van der Waals surface area contributed by atoms with E-state index in [0.717, 1.165) is 11.1 Å². The van der Waals surface area contributed by atoms with E-state index in [-0.39, 0.29) is 22.6 Å². The van der Waals surface area contributed by atoms with Gasteiger partial charge in [0.25, 0.3) is 5.91 Å². The minimum atomic E-state index is -2.43. The molecule has 11 heteroatoms. The number of hydrogen-bond donors (Lipinski definition) is 3. The summed E-state index contributed by atoms with van der Waals surface area (Å²) in [5.41, 5.74) is 7.03. The molecule has 0 radical (unpaired) electrons. The molecule has 268 valence electrons. The fraction of sp³-hybridized carbons (Fsp3) is 0.526.